The van der Waals surface area contributed by atoms with Gasteiger partial charge in [0.15, 0.2) is 11.4 Å². The van der Waals surface area contributed by atoms with E-state index in [1.54, 1.807) is 25.1 Å². The molecule has 0 amide bonds. The first kappa shape index (κ1) is 19.6. The van der Waals surface area contributed by atoms with Crippen LogP contribution in [-0.2, 0) is 15.2 Å². The zero-order valence-electron chi connectivity index (χ0n) is 16.2. The molecule has 4 rings (SSSR count). The molecule has 154 valence electrons. The Kier molecular flexibility index (Phi) is 4.00. The molecule has 5 unspecified atom stereocenters. The minimum atomic E-state index is -2.42. The van der Waals surface area contributed by atoms with E-state index in [0.717, 1.165) is 6.08 Å². The van der Waals surface area contributed by atoms with Crippen molar-refractivity contribution in [2.75, 3.05) is 14.1 Å². The van der Waals surface area contributed by atoms with Gasteiger partial charge in [-0.3, -0.25) is 14.5 Å². The van der Waals surface area contributed by atoms with Gasteiger partial charge in [0.05, 0.1) is 17.2 Å². The Hall–Kier alpha value is -2.68. The fourth-order valence-electron chi connectivity index (χ4n) is 5.20. The average Bonchev–Trinajstić information content (AvgIpc) is 2.62. The molecule has 0 saturated heterocycles. The lowest BCUT2D eigenvalue weighted by atomic mass is 9.55. The van der Waals surface area contributed by atoms with Gasteiger partial charge in [0.1, 0.15) is 17.3 Å². The highest BCUT2D eigenvalue weighted by atomic mass is 16.3. The van der Waals surface area contributed by atoms with Crippen LogP contribution in [0.15, 0.2) is 35.6 Å². The van der Waals surface area contributed by atoms with E-state index in [9.17, 15) is 35.1 Å². The molecule has 0 spiro atoms. The van der Waals surface area contributed by atoms with Crippen LogP contribution in [0.2, 0.25) is 0 Å². The molecule has 3 aliphatic rings. The Morgan fingerprint density at radius 3 is 2.38 bits per heavy atom. The van der Waals surface area contributed by atoms with Gasteiger partial charge in [-0.1, -0.05) is 12.1 Å². The lowest BCUT2D eigenvalue weighted by molar-refractivity contribution is -0.157. The van der Waals surface area contributed by atoms with Crippen LogP contribution >= 0.6 is 0 Å². The highest BCUT2D eigenvalue weighted by Gasteiger charge is 2.64. The molecular formula is C21H23NO7. The van der Waals surface area contributed by atoms with E-state index in [1.807, 2.05) is 0 Å². The average molecular weight is 401 g/mol. The zero-order chi connectivity index (χ0) is 21.5. The van der Waals surface area contributed by atoms with Crippen molar-refractivity contribution < 1.29 is 35.1 Å². The number of benzene rings is 1. The minimum Gasteiger partial charge on any atom is -0.509 e. The lowest BCUT2D eigenvalue weighted by Gasteiger charge is -2.52. The summed E-state index contributed by atoms with van der Waals surface area (Å²) in [6, 6.07) is 3.48. The van der Waals surface area contributed by atoms with E-state index in [0.29, 0.717) is 0 Å². The second-order valence-corrected chi connectivity index (χ2v) is 8.44. The summed E-state index contributed by atoms with van der Waals surface area (Å²) in [5, 5.41) is 54.1. The molecule has 1 fully saturated rings. The van der Waals surface area contributed by atoms with Gasteiger partial charge in [-0.05, 0) is 39.1 Å². The Morgan fingerprint density at radius 1 is 1.10 bits per heavy atom. The number of rotatable bonds is 1. The SMILES string of the molecule is CN(C)C1C(=O)C=C(O)C2(O)C(=O)C3=C(O)c4c(O)cccc4C(C)(O)C3CC12. The number of hydrogen-bond donors (Lipinski definition) is 5. The smallest absolute Gasteiger partial charge is 0.202 e. The molecule has 0 aliphatic heterocycles. The van der Waals surface area contributed by atoms with Crippen LogP contribution in [0, 0.1) is 11.8 Å². The van der Waals surface area contributed by atoms with Gasteiger partial charge in [0.2, 0.25) is 5.78 Å². The fraction of sp³-hybridized carbons (Fsp3) is 0.429. The van der Waals surface area contributed by atoms with E-state index in [1.165, 1.54) is 19.1 Å². The standard InChI is InChI=1S/C21H23NO7/c1-20(28)9-5-4-6-12(23)15(9)18(26)16-10(20)7-11-17(22(2)3)13(24)8-14(25)21(11,29)19(16)27/h4-6,8,10-11,17,23,25-26,28-29H,7H2,1-3H3. The number of carbonyl (C=O) groups is 2. The summed E-state index contributed by atoms with van der Waals surface area (Å²) in [4.78, 5) is 27.5. The minimum absolute atomic E-state index is 0.0454. The third-order valence-corrected chi connectivity index (χ3v) is 6.62. The molecule has 5 N–H and O–H groups in total. The molecule has 8 nitrogen and oxygen atoms in total. The van der Waals surface area contributed by atoms with Crippen molar-refractivity contribution >= 4 is 17.3 Å². The molecule has 0 heterocycles. The predicted octanol–water partition coefficient (Wildman–Crippen LogP) is 0.773. The maximum absolute atomic E-state index is 13.4. The molecule has 0 radical (unpaired) electrons. The number of fused-ring (bicyclic) bond motifs is 3. The third kappa shape index (κ3) is 2.30. The number of aliphatic hydroxyl groups excluding tert-OH is 2. The first-order chi connectivity index (χ1) is 13.4. The molecule has 1 saturated carbocycles. The van der Waals surface area contributed by atoms with Gasteiger partial charge < -0.3 is 25.5 Å². The molecule has 3 aliphatic carbocycles. The van der Waals surface area contributed by atoms with Crippen molar-refractivity contribution in [1.29, 1.82) is 0 Å². The highest BCUT2D eigenvalue weighted by Crippen LogP contribution is 2.56. The van der Waals surface area contributed by atoms with E-state index in [-0.39, 0.29) is 28.9 Å². The third-order valence-electron chi connectivity index (χ3n) is 6.62. The van der Waals surface area contributed by atoms with Crippen LogP contribution in [-0.4, -0.2) is 67.7 Å². The molecule has 5 atom stereocenters. The first-order valence-corrected chi connectivity index (χ1v) is 9.30. The van der Waals surface area contributed by atoms with Gasteiger partial charge in [0, 0.05) is 23.5 Å². The number of aliphatic hydroxyl groups is 4. The first-order valence-electron chi connectivity index (χ1n) is 9.30. The Balaban J connectivity index is 2.00. The van der Waals surface area contributed by atoms with Crippen molar-refractivity contribution in [3.05, 3.63) is 46.7 Å². The second kappa shape index (κ2) is 5.91. The van der Waals surface area contributed by atoms with Gasteiger partial charge in [-0.25, -0.2) is 0 Å². The Labute approximate surface area is 167 Å². The van der Waals surface area contributed by atoms with E-state index < -0.39 is 52.2 Å². The number of aromatic hydroxyl groups is 1. The number of nitrogens with zero attached hydrogens (tertiary/aromatic N) is 1. The van der Waals surface area contributed by atoms with Crippen molar-refractivity contribution in [3.8, 4) is 5.75 Å². The molecule has 1 aromatic rings. The van der Waals surface area contributed by atoms with Crippen molar-refractivity contribution in [1.82, 2.24) is 4.90 Å². The largest absolute Gasteiger partial charge is 0.509 e. The molecule has 8 heteroatoms. The van der Waals surface area contributed by atoms with E-state index in [4.69, 9.17) is 0 Å². The van der Waals surface area contributed by atoms with Crippen LogP contribution in [0.5, 0.6) is 5.75 Å². The van der Waals surface area contributed by atoms with Crippen molar-refractivity contribution in [3.63, 3.8) is 0 Å². The van der Waals surface area contributed by atoms with Crippen molar-refractivity contribution in [2.45, 2.75) is 30.6 Å². The summed E-state index contributed by atoms with van der Waals surface area (Å²) in [6.07, 6.45) is 0.791. The van der Waals surface area contributed by atoms with Crippen molar-refractivity contribution in [2.24, 2.45) is 11.8 Å². The zero-order valence-corrected chi connectivity index (χ0v) is 16.2. The maximum Gasteiger partial charge on any atom is 0.202 e. The van der Waals surface area contributed by atoms with Crippen LogP contribution in [0.1, 0.15) is 24.5 Å². The number of Topliss-reactive ketones (excluding diaryl/α,β-unsaturated/α-hetero) is 1. The summed E-state index contributed by atoms with van der Waals surface area (Å²) < 4.78 is 0. The fourth-order valence-corrected chi connectivity index (χ4v) is 5.20. The summed E-state index contributed by atoms with van der Waals surface area (Å²) in [5.74, 6) is -5.07. The number of phenolic OH excluding ortho intramolecular Hbond substituents is 1. The monoisotopic (exact) mass is 401 g/mol. The van der Waals surface area contributed by atoms with Gasteiger partial charge >= 0.3 is 0 Å². The van der Waals surface area contributed by atoms with Crippen LogP contribution in [0.3, 0.4) is 0 Å². The van der Waals surface area contributed by atoms with E-state index in [2.05, 4.69) is 0 Å². The molecular weight excluding hydrogens is 378 g/mol. The van der Waals surface area contributed by atoms with Crippen LogP contribution < -0.4 is 0 Å². The lowest BCUT2D eigenvalue weighted by Crippen LogP contribution is -2.65. The number of likely N-dealkylation sites (N-methyl/N-ethyl adjacent to an activating group) is 1. The summed E-state index contributed by atoms with van der Waals surface area (Å²) in [5.41, 5.74) is -4.19. The Morgan fingerprint density at radius 2 is 1.76 bits per heavy atom. The topological polar surface area (TPSA) is 139 Å². The molecule has 1 aromatic carbocycles. The molecule has 29 heavy (non-hydrogen) atoms. The number of carbonyl (C=O) groups excluding carboxylic acids is 2. The van der Waals surface area contributed by atoms with E-state index >= 15 is 0 Å². The van der Waals surface area contributed by atoms with Gasteiger partial charge in [-0.15, -0.1) is 0 Å². The maximum atomic E-state index is 13.4. The second-order valence-electron chi connectivity index (χ2n) is 8.44. The normalized spacial score (nSPS) is 36.5. The Bertz CT molecular complexity index is 1010. The molecule has 0 aromatic heterocycles. The summed E-state index contributed by atoms with van der Waals surface area (Å²) in [7, 11) is 3.25. The number of phenols is 1. The summed E-state index contributed by atoms with van der Waals surface area (Å²) in [6.45, 7) is 1.46. The van der Waals surface area contributed by atoms with Crippen LogP contribution in [0.25, 0.3) is 5.76 Å². The van der Waals surface area contributed by atoms with Gasteiger partial charge in [-0.2, -0.15) is 0 Å². The van der Waals surface area contributed by atoms with Gasteiger partial charge in [0.25, 0.3) is 0 Å². The predicted molar refractivity (Wildman–Crippen MR) is 102 cm³/mol. The highest BCUT2D eigenvalue weighted by molar-refractivity contribution is 6.13. The number of ketones is 2. The quantitative estimate of drug-likeness (QED) is 0.465. The molecule has 0 bridgehead atoms. The summed E-state index contributed by atoms with van der Waals surface area (Å²) >= 11 is 0. The van der Waals surface area contributed by atoms with Crippen LogP contribution in [0.4, 0.5) is 0 Å². The number of hydrogen-bond acceptors (Lipinski definition) is 8.